The molecule has 1 fully saturated rings. The second kappa shape index (κ2) is 8.31. The van der Waals surface area contributed by atoms with Crippen LogP contribution < -0.4 is 5.32 Å². The van der Waals surface area contributed by atoms with Crippen molar-refractivity contribution in [2.75, 3.05) is 38.6 Å². The fourth-order valence-electron chi connectivity index (χ4n) is 1.05. The van der Waals surface area contributed by atoms with E-state index in [0.717, 1.165) is 38.6 Å². The molecule has 0 spiro atoms. The van der Waals surface area contributed by atoms with Crippen LogP contribution in [0.3, 0.4) is 0 Å². The van der Waals surface area contributed by atoms with Crippen LogP contribution in [0.4, 0.5) is 0 Å². The maximum Gasteiger partial charge on any atom is 0.0351 e. The van der Waals surface area contributed by atoms with Gasteiger partial charge in [-0.15, -0.1) is 11.6 Å². The second-order valence-corrected chi connectivity index (χ2v) is 2.66. The number of halogens is 1. The zero-order valence-electron chi connectivity index (χ0n) is 7.57. The summed E-state index contributed by atoms with van der Waals surface area (Å²) in [6.45, 7) is 9.61. The van der Waals surface area contributed by atoms with E-state index in [1.807, 2.05) is 13.8 Å². The topological polar surface area (TPSA) is 15.3 Å². The third kappa shape index (κ3) is 5.48. The van der Waals surface area contributed by atoms with Gasteiger partial charge in [0.15, 0.2) is 0 Å². The van der Waals surface area contributed by atoms with Crippen molar-refractivity contribution in [3.8, 4) is 0 Å². The lowest BCUT2D eigenvalue weighted by Crippen LogP contribution is -2.44. The van der Waals surface area contributed by atoms with Gasteiger partial charge in [0.25, 0.3) is 0 Å². The molecule has 1 N–H and O–H groups in total. The Morgan fingerprint density at radius 3 is 2.27 bits per heavy atom. The normalized spacial score (nSPS) is 18.8. The third-order valence-corrected chi connectivity index (χ3v) is 1.78. The quantitative estimate of drug-likeness (QED) is 0.639. The summed E-state index contributed by atoms with van der Waals surface area (Å²) in [5.74, 6) is 0.764. The Bertz CT molecular complexity index is 69.7. The summed E-state index contributed by atoms with van der Waals surface area (Å²) >= 11 is 5.57. The molecule has 1 aliphatic rings. The minimum absolute atomic E-state index is 0.764. The zero-order valence-corrected chi connectivity index (χ0v) is 8.32. The molecule has 0 aromatic heterocycles. The first kappa shape index (κ1) is 11.2. The average Bonchev–Trinajstić information content (AvgIpc) is 2.11. The van der Waals surface area contributed by atoms with Gasteiger partial charge >= 0.3 is 0 Å². The van der Waals surface area contributed by atoms with Crippen LogP contribution in [0.2, 0.25) is 0 Å². The fraction of sp³-hybridized carbons (Fsp3) is 1.00. The highest BCUT2D eigenvalue weighted by Crippen LogP contribution is 1.91. The summed E-state index contributed by atoms with van der Waals surface area (Å²) in [6, 6.07) is 0. The largest absolute Gasteiger partial charge is 0.314 e. The fourth-order valence-corrected chi connectivity index (χ4v) is 1.29. The van der Waals surface area contributed by atoms with Gasteiger partial charge in [0.1, 0.15) is 0 Å². The standard InChI is InChI=1S/C6H13ClN2.C2H6/c7-1-4-9-5-2-8-3-6-9;1-2/h8H,1-6H2;1-2H3. The second-order valence-electron chi connectivity index (χ2n) is 2.28. The summed E-state index contributed by atoms with van der Waals surface area (Å²) in [5, 5.41) is 3.29. The van der Waals surface area contributed by atoms with E-state index in [1.165, 1.54) is 0 Å². The molecule has 0 aromatic carbocycles. The molecule has 0 amide bonds. The minimum atomic E-state index is 0.764. The third-order valence-electron chi connectivity index (χ3n) is 1.61. The van der Waals surface area contributed by atoms with Crippen LogP contribution in [-0.2, 0) is 0 Å². The van der Waals surface area contributed by atoms with E-state index in [4.69, 9.17) is 11.6 Å². The number of nitrogens with one attached hydrogen (secondary N) is 1. The molecule has 1 saturated heterocycles. The van der Waals surface area contributed by atoms with Crippen molar-refractivity contribution in [2.24, 2.45) is 0 Å². The van der Waals surface area contributed by atoms with Crippen LogP contribution in [-0.4, -0.2) is 43.5 Å². The molecule has 0 radical (unpaired) electrons. The number of hydrogen-bond donors (Lipinski definition) is 1. The predicted molar refractivity (Wildman–Crippen MR) is 51.4 cm³/mol. The smallest absolute Gasteiger partial charge is 0.0351 e. The molecule has 0 saturated carbocycles. The number of alkyl halides is 1. The molecule has 1 heterocycles. The van der Waals surface area contributed by atoms with Gasteiger partial charge in [0.05, 0.1) is 0 Å². The number of rotatable bonds is 2. The Kier molecular flexibility index (Phi) is 8.47. The molecule has 1 aliphatic heterocycles. The first-order valence-corrected chi connectivity index (χ1v) is 4.96. The summed E-state index contributed by atoms with van der Waals surface area (Å²) < 4.78 is 0. The summed E-state index contributed by atoms with van der Waals surface area (Å²) in [6.07, 6.45) is 0. The molecule has 0 aromatic rings. The maximum atomic E-state index is 5.57. The molecule has 68 valence electrons. The maximum absolute atomic E-state index is 5.57. The van der Waals surface area contributed by atoms with Crippen molar-refractivity contribution in [3.63, 3.8) is 0 Å². The molecule has 11 heavy (non-hydrogen) atoms. The molecule has 0 bridgehead atoms. The van der Waals surface area contributed by atoms with E-state index in [-0.39, 0.29) is 0 Å². The van der Waals surface area contributed by atoms with E-state index < -0.39 is 0 Å². The molecule has 0 unspecified atom stereocenters. The van der Waals surface area contributed by atoms with Gasteiger partial charge < -0.3 is 5.32 Å². The monoisotopic (exact) mass is 178 g/mol. The van der Waals surface area contributed by atoms with Crippen molar-refractivity contribution in [1.29, 1.82) is 0 Å². The van der Waals surface area contributed by atoms with Crippen molar-refractivity contribution in [1.82, 2.24) is 10.2 Å². The van der Waals surface area contributed by atoms with Gasteiger partial charge in [0, 0.05) is 38.6 Å². The Morgan fingerprint density at radius 1 is 1.27 bits per heavy atom. The number of nitrogens with zero attached hydrogens (tertiary/aromatic N) is 1. The zero-order chi connectivity index (χ0) is 8.53. The lowest BCUT2D eigenvalue weighted by atomic mass is 10.4. The van der Waals surface area contributed by atoms with E-state index in [2.05, 4.69) is 10.2 Å². The van der Waals surface area contributed by atoms with Gasteiger partial charge in [-0.1, -0.05) is 13.8 Å². The van der Waals surface area contributed by atoms with Gasteiger partial charge in [-0.25, -0.2) is 0 Å². The highest BCUT2D eigenvalue weighted by Gasteiger charge is 2.06. The minimum Gasteiger partial charge on any atom is -0.314 e. The summed E-state index contributed by atoms with van der Waals surface area (Å²) in [4.78, 5) is 2.38. The lowest BCUT2D eigenvalue weighted by Gasteiger charge is -2.25. The Hall–Kier alpha value is 0.210. The Morgan fingerprint density at radius 2 is 1.82 bits per heavy atom. The van der Waals surface area contributed by atoms with Crippen LogP contribution in [0, 0.1) is 0 Å². The molecule has 1 rings (SSSR count). The molecule has 2 nitrogen and oxygen atoms in total. The van der Waals surface area contributed by atoms with Crippen molar-refractivity contribution in [2.45, 2.75) is 13.8 Å². The van der Waals surface area contributed by atoms with Crippen LogP contribution in [0.15, 0.2) is 0 Å². The molecule has 0 atom stereocenters. The van der Waals surface area contributed by atoms with Crippen molar-refractivity contribution in [3.05, 3.63) is 0 Å². The number of piperazine rings is 1. The van der Waals surface area contributed by atoms with E-state index in [9.17, 15) is 0 Å². The highest BCUT2D eigenvalue weighted by molar-refractivity contribution is 6.18. The van der Waals surface area contributed by atoms with Gasteiger partial charge in [0.2, 0.25) is 0 Å². The van der Waals surface area contributed by atoms with E-state index in [0.29, 0.717) is 0 Å². The predicted octanol–water partition coefficient (Wildman–Crippen LogP) is 1.16. The van der Waals surface area contributed by atoms with E-state index in [1.54, 1.807) is 0 Å². The van der Waals surface area contributed by atoms with Crippen LogP contribution in [0.5, 0.6) is 0 Å². The van der Waals surface area contributed by atoms with Gasteiger partial charge in [-0.2, -0.15) is 0 Å². The van der Waals surface area contributed by atoms with Crippen molar-refractivity contribution < 1.29 is 0 Å². The highest BCUT2D eigenvalue weighted by atomic mass is 35.5. The van der Waals surface area contributed by atoms with Crippen LogP contribution in [0.25, 0.3) is 0 Å². The first-order valence-electron chi connectivity index (χ1n) is 4.42. The Balaban J connectivity index is 0.000000461. The van der Waals surface area contributed by atoms with Crippen LogP contribution in [0.1, 0.15) is 13.8 Å². The molecular formula is C8H19ClN2. The van der Waals surface area contributed by atoms with Crippen LogP contribution >= 0.6 is 11.6 Å². The average molecular weight is 179 g/mol. The molecular weight excluding hydrogens is 160 g/mol. The molecule has 0 aliphatic carbocycles. The van der Waals surface area contributed by atoms with Gasteiger partial charge in [-0.05, 0) is 0 Å². The lowest BCUT2D eigenvalue weighted by molar-refractivity contribution is 0.254. The summed E-state index contributed by atoms with van der Waals surface area (Å²) in [7, 11) is 0. The van der Waals surface area contributed by atoms with Gasteiger partial charge in [-0.3, -0.25) is 4.90 Å². The molecule has 3 heteroatoms. The first-order chi connectivity index (χ1) is 5.43. The number of hydrogen-bond acceptors (Lipinski definition) is 2. The van der Waals surface area contributed by atoms with E-state index >= 15 is 0 Å². The Labute approximate surface area is 74.9 Å². The SMILES string of the molecule is CC.ClCCN1CCNCC1. The van der Waals surface area contributed by atoms with Crippen molar-refractivity contribution >= 4 is 11.6 Å². The summed E-state index contributed by atoms with van der Waals surface area (Å²) in [5.41, 5.74) is 0.